The van der Waals surface area contributed by atoms with E-state index in [2.05, 4.69) is 36.9 Å². The molecule has 7 N–H and O–H groups in total. The third-order valence-electron chi connectivity index (χ3n) is 7.04. The van der Waals surface area contributed by atoms with Crippen molar-refractivity contribution in [2.24, 2.45) is 0 Å². The molecular weight excluding hydrogens is 620 g/mol. The van der Waals surface area contributed by atoms with Gasteiger partial charge < -0.3 is 20.6 Å². The van der Waals surface area contributed by atoms with E-state index in [0.29, 0.717) is 40.4 Å². The fourth-order valence-corrected chi connectivity index (χ4v) is 5.45. The molecule has 4 rings (SSSR count). The molecule has 0 saturated heterocycles. The number of aromatic amines is 2. The summed E-state index contributed by atoms with van der Waals surface area (Å²) >= 11 is 7.43. The van der Waals surface area contributed by atoms with Crippen molar-refractivity contribution in [1.29, 1.82) is 0 Å². The molecule has 0 bridgehead atoms. The minimum absolute atomic E-state index is 0.167. The zero-order chi connectivity index (χ0) is 32.7. The first-order valence-electron chi connectivity index (χ1n) is 13.9. The van der Waals surface area contributed by atoms with E-state index in [9.17, 15) is 24.0 Å². The molecule has 0 atom stereocenters. The highest BCUT2D eigenvalue weighted by Crippen LogP contribution is 2.30. The Bertz CT molecular complexity index is 1740. The van der Waals surface area contributed by atoms with Gasteiger partial charge in [-0.15, -0.1) is 23.4 Å². The number of alkyl halides is 1. The van der Waals surface area contributed by atoms with Crippen molar-refractivity contribution < 1.29 is 24.0 Å². The quantitative estimate of drug-likeness (QED) is 0.0514. The Kier molecular flexibility index (Phi) is 10.8. The minimum atomic E-state index is -0.568. The van der Waals surface area contributed by atoms with Crippen molar-refractivity contribution in [3.63, 3.8) is 0 Å². The molecule has 236 valence electrons. The first kappa shape index (κ1) is 33.0. The van der Waals surface area contributed by atoms with Gasteiger partial charge in [-0.3, -0.25) is 44.9 Å². The van der Waals surface area contributed by atoms with Gasteiger partial charge in [0.05, 0.1) is 11.4 Å². The maximum absolute atomic E-state index is 13.5. The van der Waals surface area contributed by atoms with Crippen molar-refractivity contribution >= 4 is 64.8 Å². The molecule has 3 heterocycles. The smallest absolute Gasteiger partial charge is 0.286 e. The highest BCUT2D eigenvalue weighted by molar-refractivity contribution is 7.99. The summed E-state index contributed by atoms with van der Waals surface area (Å²) in [7, 11) is 0. The van der Waals surface area contributed by atoms with E-state index in [1.54, 1.807) is 45.7 Å². The second-order valence-corrected chi connectivity index (χ2v) is 11.4. The number of hydrogen-bond donors (Lipinski definition) is 7. The Morgan fingerprint density at radius 1 is 0.867 bits per heavy atom. The van der Waals surface area contributed by atoms with E-state index in [0.717, 1.165) is 21.8 Å². The molecule has 0 aliphatic heterocycles. The Hall–Kier alpha value is -4.95. The van der Waals surface area contributed by atoms with Gasteiger partial charge in [-0.25, -0.2) is 0 Å². The molecule has 0 radical (unpaired) electrons. The fraction of sp³-hybridized carbons (Fsp3) is 0.233. The highest BCUT2D eigenvalue weighted by atomic mass is 35.5. The van der Waals surface area contributed by atoms with E-state index in [1.165, 1.54) is 17.1 Å². The van der Waals surface area contributed by atoms with E-state index >= 15 is 0 Å². The number of halogens is 1. The summed E-state index contributed by atoms with van der Waals surface area (Å²) in [6.07, 6.45) is 5.32. The molecule has 45 heavy (non-hydrogen) atoms. The van der Waals surface area contributed by atoms with Crippen LogP contribution in [0.4, 0.5) is 11.4 Å². The van der Waals surface area contributed by atoms with E-state index in [-0.39, 0.29) is 29.4 Å². The number of thioether (sulfide) groups is 1. The SMILES string of the molecule is CCC(=O)NNC(=O)c1[nH]cc(NC(=O)c2[nH]cc(NC(=O)c3c(C)c(-c4ccc(SCCCl)cc4)cn3NC=O)c2C)c1C. The lowest BCUT2D eigenvalue weighted by atomic mass is 10.0. The zero-order valence-corrected chi connectivity index (χ0v) is 26.6. The summed E-state index contributed by atoms with van der Waals surface area (Å²) in [4.78, 5) is 68.6. The molecule has 1 aromatic carbocycles. The number of nitrogens with one attached hydrogen (secondary N) is 7. The highest BCUT2D eigenvalue weighted by Gasteiger charge is 2.24. The lowest BCUT2D eigenvalue weighted by molar-refractivity contribution is -0.121. The minimum Gasteiger partial charge on any atom is -0.355 e. The molecule has 0 unspecified atom stereocenters. The molecule has 13 nitrogen and oxygen atoms in total. The van der Waals surface area contributed by atoms with Crippen LogP contribution >= 0.6 is 23.4 Å². The second-order valence-electron chi connectivity index (χ2n) is 9.86. The van der Waals surface area contributed by atoms with Crippen LogP contribution in [0.1, 0.15) is 61.5 Å². The average Bonchev–Trinajstić information content (AvgIpc) is 3.69. The zero-order valence-electron chi connectivity index (χ0n) is 25.0. The van der Waals surface area contributed by atoms with Crippen molar-refractivity contribution in [3.05, 3.63) is 76.6 Å². The molecular formula is C30H33ClN8O5S. The lowest BCUT2D eigenvalue weighted by Gasteiger charge is -2.10. The fourth-order valence-electron chi connectivity index (χ4n) is 4.58. The third kappa shape index (κ3) is 7.41. The van der Waals surface area contributed by atoms with Gasteiger partial charge in [0, 0.05) is 58.2 Å². The van der Waals surface area contributed by atoms with E-state index in [1.807, 2.05) is 24.3 Å². The van der Waals surface area contributed by atoms with Gasteiger partial charge in [0.25, 0.3) is 17.7 Å². The number of carbonyl (C=O) groups excluding carboxylic acids is 5. The summed E-state index contributed by atoms with van der Waals surface area (Å²) in [5.41, 5.74) is 11.6. The van der Waals surface area contributed by atoms with Crippen molar-refractivity contribution in [1.82, 2.24) is 25.5 Å². The van der Waals surface area contributed by atoms with Gasteiger partial charge in [-0.05, 0) is 44.0 Å². The van der Waals surface area contributed by atoms with E-state index < -0.39 is 17.7 Å². The number of hydrazine groups is 1. The van der Waals surface area contributed by atoms with Crippen LogP contribution in [0.15, 0.2) is 47.8 Å². The predicted octanol–water partition coefficient (Wildman–Crippen LogP) is 4.44. The van der Waals surface area contributed by atoms with Crippen molar-refractivity contribution in [2.45, 2.75) is 39.0 Å². The number of aromatic nitrogens is 3. The summed E-state index contributed by atoms with van der Waals surface area (Å²) in [5, 5.41) is 5.57. The third-order valence-corrected chi connectivity index (χ3v) is 8.47. The second kappa shape index (κ2) is 14.7. The Morgan fingerprint density at radius 3 is 2.04 bits per heavy atom. The number of amides is 5. The molecule has 0 aliphatic carbocycles. The van der Waals surface area contributed by atoms with Gasteiger partial charge in [-0.2, -0.15) is 0 Å². The Morgan fingerprint density at radius 2 is 1.47 bits per heavy atom. The largest absolute Gasteiger partial charge is 0.355 e. The van der Waals surface area contributed by atoms with Gasteiger partial charge in [0.15, 0.2) is 0 Å². The summed E-state index contributed by atoms with van der Waals surface area (Å²) in [6, 6.07) is 7.84. The first-order valence-corrected chi connectivity index (χ1v) is 15.4. The number of hydrogen-bond acceptors (Lipinski definition) is 6. The summed E-state index contributed by atoms with van der Waals surface area (Å²) < 4.78 is 1.36. The number of rotatable bonds is 12. The topological polar surface area (TPSA) is 182 Å². The lowest BCUT2D eigenvalue weighted by Crippen LogP contribution is -2.41. The van der Waals surface area contributed by atoms with Crippen molar-refractivity contribution in [2.75, 3.05) is 27.7 Å². The Labute approximate surface area is 268 Å². The molecule has 15 heteroatoms. The van der Waals surface area contributed by atoms with Crippen LogP contribution in [0, 0.1) is 20.8 Å². The maximum Gasteiger partial charge on any atom is 0.286 e. The monoisotopic (exact) mass is 652 g/mol. The molecule has 5 amide bonds. The van der Waals surface area contributed by atoms with Crippen LogP contribution in [0.5, 0.6) is 0 Å². The molecule has 0 spiro atoms. The molecule has 0 aliphatic rings. The molecule has 3 aromatic heterocycles. The molecule has 4 aromatic rings. The van der Waals surface area contributed by atoms with Crippen molar-refractivity contribution in [3.8, 4) is 11.1 Å². The Balaban J connectivity index is 1.50. The maximum atomic E-state index is 13.5. The number of anilines is 2. The standard InChI is InChI=1S/C30H33ClN8O5S/c1-5-24(41)37-38-29(43)26-18(4)22(12-33-26)35-28(42)25-17(3)23(13-32-25)36-30(44)27-16(2)21(14-39(27)34-15-40)19-6-8-20(9-7-19)45-11-10-31/h6-9,12-15,32-33H,5,10-11H2,1-4H3,(H,34,40)(H,35,42)(H,36,44)(H,37,41)(H,38,43). The van der Waals surface area contributed by atoms with Gasteiger partial charge >= 0.3 is 0 Å². The van der Waals surface area contributed by atoms with Crippen LogP contribution < -0.4 is 26.9 Å². The number of carbonyl (C=O) groups is 5. The van der Waals surface area contributed by atoms with E-state index in [4.69, 9.17) is 11.6 Å². The van der Waals surface area contributed by atoms with Crippen LogP contribution in [-0.4, -0.2) is 56.3 Å². The predicted molar refractivity (Wildman–Crippen MR) is 174 cm³/mol. The number of nitrogens with zero attached hydrogens (tertiary/aromatic N) is 1. The van der Waals surface area contributed by atoms with Gasteiger partial charge in [0.2, 0.25) is 12.3 Å². The van der Waals surface area contributed by atoms with Gasteiger partial charge in [0.1, 0.15) is 17.1 Å². The average molecular weight is 653 g/mol. The summed E-state index contributed by atoms with van der Waals surface area (Å²) in [5.74, 6) is -0.577. The van der Waals surface area contributed by atoms with Crippen LogP contribution in [0.25, 0.3) is 11.1 Å². The number of H-pyrrole nitrogens is 2. The van der Waals surface area contributed by atoms with Gasteiger partial charge in [-0.1, -0.05) is 19.1 Å². The summed E-state index contributed by atoms with van der Waals surface area (Å²) in [6.45, 7) is 6.76. The first-order chi connectivity index (χ1) is 21.6. The normalized spacial score (nSPS) is 10.7. The molecule has 0 saturated carbocycles. The molecule has 0 fully saturated rings. The number of benzene rings is 1. The van der Waals surface area contributed by atoms with Crippen LogP contribution in [0.2, 0.25) is 0 Å². The van der Waals surface area contributed by atoms with Crippen LogP contribution in [-0.2, 0) is 9.59 Å². The van der Waals surface area contributed by atoms with Crippen LogP contribution in [0.3, 0.4) is 0 Å².